The Morgan fingerprint density at radius 2 is 1.93 bits per heavy atom. The smallest absolute Gasteiger partial charge is 0.134 e. The molecule has 0 radical (unpaired) electrons. The van der Waals surface area contributed by atoms with E-state index in [2.05, 4.69) is 18.7 Å². The van der Waals surface area contributed by atoms with E-state index in [0.717, 1.165) is 12.8 Å². The Morgan fingerprint density at radius 1 is 1.33 bits per heavy atom. The molecule has 0 spiro atoms. The summed E-state index contributed by atoms with van der Waals surface area (Å²) in [6.07, 6.45) is 2.38. The van der Waals surface area contributed by atoms with Gasteiger partial charge in [0, 0.05) is 32.0 Å². The fraction of sp³-hybridized carbons (Fsp3) is 0.917. The van der Waals surface area contributed by atoms with Crippen LogP contribution in [0.15, 0.2) is 0 Å². The van der Waals surface area contributed by atoms with Crippen LogP contribution in [0.4, 0.5) is 0 Å². The largest absolute Gasteiger partial charge is 0.388 e. The number of likely N-dealkylation sites (tertiary alicyclic amines) is 1. The maximum atomic E-state index is 11.5. The second-order valence-electron chi connectivity index (χ2n) is 6.15. The highest BCUT2D eigenvalue weighted by molar-refractivity contribution is 5.80. The minimum absolute atomic E-state index is 0.213. The van der Waals surface area contributed by atoms with E-state index in [1.165, 1.54) is 0 Å². The Kier molecular flexibility index (Phi) is 2.43. The SMILES string of the molecule is CC1(O)CN(C2CC(=O)CCC2(C)C)C1. The van der Waals surface area contributed by atoms with Crippen LogP contribution < -0.4 is 0 Å². The number of carbonyl (C=O) groups excluding carboxylic acids is 1. The molecule has 2 aliphatic rings. The van der Waals surface area contributed by atoms with E-state index in [1.54, 1.807) is 0 Å². The maximum Gasteiger partial charge on any atom is 0.134 e. The predicted octanol–water partition coefficient (Wildman–Crippen LogP) is 1.20. The number of hydrogen-bond donors (Lipinski definition) is 1. The average molecular weight is 211 g/mol. The monoisotopic (exact) mass is 211 g/mol. The molecule has 0 aromatic heterocycles. The van der Waals surface area contributed by atoms with Crippen molar-refractivity contribution in [3.8, 4) is 0 Å². The molecule has 1 aliphatic heterocycles. The van der Waals surface area contributed by atoms with Gasteiger partial charge in [-0.25, -0.2) is 0 Å². The quantitative estimate of drug-likeness (QED) is 0.708. The third-order valence-corrected chi connectivity index (χ3v) is 3.90. The molecular formula is C12H21NO2. The van der Waals surface area contributed by atoms with Crippen LogP contribution in [-0.4, -0.2) is 40.5 Å². The number of aliphatic hydroxyl groups is 1. The summed E-state index contributed by atoms with van der Waals surface area (Å²) in [6.45, 7) is 7.76. The summed E-state index contributed by atoms with van der Waals surface area (Å²) in [6, 6.07) is 0.332. The summed E-state index contributed by atoms with van der Waals surface area (Å²) in [5, 5.41) is 9.72. The predicted molar refractivity (Wildman–Crippen MR) is 58.6 cm³/mol. The second-order valence-corrected chi connectivity index (χ2v) is 6.15. The third-order valence-electron chi connectivity index (χ3n) is 3.90. The van der Waals surface area contributed by atoms with Crippen molar-refractivity contribution >= 4 is 5.78 Å². The molecule has 3 nitrogen and oxygen atoms in total. The Bertz CT molecular complexity index is 275. The van der Waals surface area contributed by atoms with Crippen LogP contribution >= 0.6 is 0 Å². The van der Waals surface area contributed by atoms with E-state index in [9.17, 15) is 9.90 Å². The van der Waals surface area contributed by atoms with Crippen molar-refractivity contribution in [2.45, 2.75) is 51.7 Å². The Labute approximate surface area is 91.5 Å². The van der Waals surface area contributed by atoms with Gasteiger partial charge in [0.2, 0.25) is 0 Å². The summed E-state index contributed by atoms with van der Waals surface area (Å²) in [5.41, 5.74) is -0.318. The molecule has 0 aromatic carbocycles. The van der Waals surface area contributed by atoms with E-state index < -0.39 is 5.60 Å². The molecule has 0 amide bonds. The van der Waals surface area contributed by atoms with Gasteiger partial charge in [0.1, 0.15) is 5.78 Å². The molecule has 86 valence electrons. The summed E-state index contributed by atoms with van der Waals surface area (Å²) >= 11 is 0. The number of Topliss-reactive ketones (excluding diaryl/α,β-unsaturated/α-hetero) is 1. The molecule has 1 saturated carbocycles. The van der Waals surface area contributed by atoms with Crippen LogP contribution in [0.1, 0.15) is 40.0 Å². The molecule has 3 heteroatoms. The standard InChI is InChI=1S/C12H21NO2/c1-11(2)5-4-9(14)6-10(11)13-7-12(3,15)8-13/h10,15H,4-8H2,1-3H3. The molecule has 1 N–H and O–H groups in total. The molecular weight excluding hydrogens is 190 g/mol. The highest BCUT2D eigenvalue weighted by Crippen LogP contribution is 2.40. The van der Waals surface area contributed by atoms with Gasteiger partial charge in [0.15, 0.2) is 0 Å². The first-order valence-corrected chi connectivity index (χ1v) is 5.78. The van der Waals surface area contributed by atoms with Gasteiger partial charge >= 0.3 is 0 Å². The molecule has 1 aliphatic carbocycles. The van der Waals surface area contributed by atoms with Gasteiger partial charge in [-0.1, -0.05) is 13.8 Å². The lowest BCUT2D eigenvalue weighted by molar-refractivity contribution is -0.144. The molecule has 2 rings (SSSR count). The van der Waals surface area contributed by atoms with E-state index in [0.29, 0.717) is 31.3 Å². The molecule has 15 heavy (non-hydrogen) atoms. The fourth-order valence-electron chi connectivity index (χ4n) is 2.89. The minimum atomic E-state index is -0.531. The van der Waals surface area contributed by atoms with Crippen molar-refractivity contribution in [3.05, 3.63) is 0 Å². The van der Waals surface area contributed by atoms with Gasteiger partial charge in [-0.05, 0) is 18.8 Å². The third kappa shape index (κ3) is 2.08. The Hall–Kier alpha value is -0.410. The van der Waals surface area contributed by atoms with E-state index in [-0.39, 0.29) is 5.41 Å². The molecule has 2 fully saturated rings. The number of nitrogens with zero attached hydrogens (tertiary/aromatic N) is 1. The number of rotatable bonds is 1. The van der Waals surface area contributed by atoms with Crippen LogP contribution in [0.2, 0.25) is 0 Å². The van der Waals surface area contributed by atoms with Crippen LogP contribution in [0.5, 0.6) is 0 Å². The Morgan fingerprint density at radius 3 is 2.47 bits per heavy atom. The van der Waals surface area contributed by atoms with Crippen molar-refractivity contribution in [2.24, 2.45) is 5.41 Å². The van der Waals surface area contributed by atoms with Gasteiger partial charge in [-0.2, -0.15) is 0 Å². The molecule has 1 heterocycles. The summed E-state index contributed by atoms with van der Waals surface area (Å²) in [5.74, 6) is 0.380. The summed E-state index contributed by atoms with van der Waals surface area (Å²) in [7, 11) is 0. The lowest BCUT2D eigenvalue weighted by Gasteiger charge is -2.54. The first-order valence-electron chi connectivity index (χ1n) is 5.78. The fourth-order valence-corrected chi connectivity index (χ4v) is 2.89. The number of carbonyl (C=O) groups is 1. The van der Waals surface area contributed by atoms with Gasteiger partial charge in [-0.3, -0.25) is 9.69 Å². The van der Waals surface area contributed by atoms with Gasteiger partial charge < -0.3 is 5.11 Å². The summed E-state index contributed by atoms with van der Waals surface area (Å²) < 4.78 is 0. The number of β-amino-alcohol motifs (C(OH)–C–C–N with tert-alkyl or cyclic N) is 1. The molecule has 1 unspecified atom stereocenters. The number of ketones is 1. The number of hydrogen-bond acceptors (Lipinski definition) is 3. The molecule has 1 atom stereocenters. The maximum absolute atomic E-state index is 11.5. The zero-order chi connectivity index (χ0) is 11.3. The first kappa shape index (κ1) is 11.1. The van der Waals surface area contributed by atoms with Gasteiger partial charge in [-0.15, -0.1) is 0 Å². The zero-order valence-corrected chi connectivity index (χ0v) is 9.92. The van der Waals surface area contributed by atoms with Crippen molar-refractivity contribution < 1.29 is 9.90 Å². The lowest BCUT2D eigenvalue weighted by atomic mass is 9.70. The molecule has 0 bridgehead atoms. The lowest BCUT2D eigenvalue weighted by Crippen LogP contribution is -2.66. The van der Waals surface area contributed by atoms with Crippen LogP contribution in [-0.2, 0) is 4.79 Å². The van der Waals surface area contributed by atoms with Crippen molar-refractivity contribution in [2.75, 3.05) is 13.1 Å². The topological polar surface area (TPSA) is 40.5 Å². The van der Waals surface area contributed by atoms with Crippen molar-refractivity contribution in [1.82, 2.24) is 4.90 Å². The molecule has 0 aromatic rings. The van der Waals surface area contributed by atoms with Crippen LogP contribution in [0, 0.1) is 5.41 Å². The van der Waals surface area contributed by atoms with E-state index >= 15 is 0 Å². The first-order chi connectivity index (χ1) is 6.80. The van der Waals surface area contributed by atoms with Crippen LogP contribution in [0.25, 0.3) is 0 Å². The highest BCUT2D eigenvalue weighted by atomic mass is 16.3. The van der Waals surface area contributed by atoms with Crippen molar-refractivity contribution in [1.29, 1.82) is 0 Å². The normalized spacial score (nSPS) is 34.9. The second kappa shape index (κ2) is 3.29. The van der Waals surface area contributed by atoms with E-state index in [4.69, 9.17) is 0 Å². The zero-order valence-electron chi connectivity index (χ0n) is 9.92. The minimum Gasteiger partial charge on any atom is -0.388 e. The Balaban J connectivity index is 2.03. The summed E-state index contributed by atoms with van der Waals surface area (Å²) in [4.78, 5) is 13.7. The highest BCUT2D eigenvalue weighted by Gasteiger charge is 2.47. The van der Waals surface area contributed by atoms with Gasteiger partial charge in [0.05, 0.1) is 5.60 Å². The van der Waals surface area contributed by atoms with Crippen LogP contribution in [0.3, 0.4) is 0 Å². The van der Waals surface area contributed by atoms with Gasteiger partial charge in [0.25, 0.3) is 0 Å². The van der Waals surface area contributed by atoms with E-state index in [1.807, 2.05) is 6.92 Å². The average Bonchev–Trinajstić information content (AvgIpc) is 2.05. The molecule has 1 saturated heterocycles. The van der Waals surface area contributed by atoms with Crippen molar-refractivity contribution in [3.63, 3.8) is 0 Å².